The van der Waals surface area contributed by atoms with E-state index in [4.69, 9.17) is 0 Å². The standard InChI is InChI=1S/C19H19N3O3/c1-13(23)20-15-7-9-16(10-8-15)21-17-11-18(24)22(19(17)25)12-14-5-3-2-4-6-14/h2-10,17,21H,11-12H2,1H3,(H,20,23). The van der Waals surface area contributed by atoms with Crippen LogP contribution in [0.3, 0.4) is 0 Å². The summed E-state index contributed by atoms with van der Waals surface area (Å²) < 4.78 is 0. The van der Waals surface area contributed by atoms with Gasteiger partial charge in [-0.1, -0.05) is 30.3 Å². The molecule has 3 amide bonds. The molecule has 1 atom stereocenters. The normalized spacial score (nSPS) is 16.8. The molecule has 1 aliphatic rings. The fourth-order valence-electron chi connectivity index (χ4n) is 2.78. The molecule has 128 valence electrons. The quantitative estimate of drug-likeness (QED) is 0.821. The molecule has 0 aliphatic carbocycles. The Bertz CT molecular complexity index is 787. The van der Waals surface area contributed by atoms with Crippen molar-refractivity contribution in [2.24, 2.45) is 0 Å². The van der Waals surface area contributed by atoms with Gasteiger partial charge in [-0.2, -0.15) is 0 Å². The van der Waals surface area contributed by atoms with Crippen LogP contribution in [0.1, 0.15) is 18.9 Å². The number of carbonyl (C=O) groups excluding carboxylic acids is 3. The minimum absolute atomic E-state index is 0.138. The van der Waals surface area contributed by atoms with Crippen LogP contribution in [0.2, 0.25) is 0 Å². The average Bonchev–Trinajstić information content (AvgIpc) is 2.85. The highest BCUT2D eigenvalue weighted by molar-refractivity contribution is 6.06. The fourth-order valence-corrected chi connectivity index (χ4v) is 2.78. The van der Waals surface area contributed by atoms with Gasteiger partial charge in [0, 0.05) is 18.3 Å². The van der Waals surface area contributed by atoms with Gasteiger partial charge in [0.05, 0.1) is 13.0 Å². The monoisotopic (exact) mass is 337 g/mol. The molecule has 2 aromatic carbocycles. The van der Waals surface area contributed by atoms with Crippen LogP contribution in [0.15, 0.2) is 54.6 Å². The SMILES string of the molecule is CC(=O)Nc1ccc(NC2CC(=O)N(Cc3ccccc3)C2=O)cc1. The molecule has 0 saturated carbocycles. The molecular weight excluding hydrogens is 318 g/mol. The van der Waals surface area contributed by atoms with Crippen LogP contribution in [0.25, 0.3) is 0 Å². The van der Waals surface area contributed by atoms with Gasteiger partial charge in [-0.15, -0.1) is 0 Å². The maximum Gasteiger partial charge on any atom is 0.252 e. The van der Waals surface area contributed by atoms with Crippen molar-refractivity contribution in [2.75, 3.05) is 10.6 Å². The van der Waals surface area contributed by atoms with Gasteiger partial charge < -0.3 is 10.6 Å². The van der Waals surface area contributed by atoms with Crippen LogP contribution in [-0.4, -0.2) is 28.7 Å². The Kier molecular flexibility index (Phi) is 4.79. The molecule has 2 N–H and O–H groups in total. The van der Waals surface area contributed by atoms with E-state index in [1.165, 1.54) is 11.8 Å². The van der Waals surface area contributed by atoms with Gasteiger partial charge in [0.1, 0.15) is 6.04 Å². The molecule has 25 heavy (non-hydrogen) atoms. The van der Waals surface area contributed by atoms with E-state index in [1.807, 2.05) is 30.3 Å². The number of carbonyl (C=O) groups is 3. The first-order chi connectivity index (χ1) is 12.0. The summed E-state index contributed by atoms with van der Waals surface area (Å²) >= 11 is 0. The smallest absolute Gasteiger partial charge is 0.252 e. The number of anilines is 2. The number of nitrogens with zero attached hydrogens (tertiary/aromatic N) is 1. The number of benzene rings is 2. The van der Waals surface area contributed by atoms with Crippen molar-refractivity contribution in [1.82, 2.24) is 4.90 Å². The summed E-state index contributed by atoms with van der Waals surface area (Å²) in [6, 6.07) is 15.9. The van der Waals surface area contributed by atoms with Crippen LogP contribution in [-0.2, 0) is 20.9 Å². The lowest BCUT2D eigenvalue weighted by Gasteiger charge is -2.16. The zero-order valence-electron chi connectivity index (χ0n) is 13.9. The van der Waals surface area contributed by atoms with Crippen molar-refractivity contribution in [3.8, 4) is 0 Å². The fraction of sp³-hybridized carbons (Fsp3) is 0.211. The third-order valence-corrected chi connectivity index (χ3v) is 3.97. The number of amides is 3. The summed E-state index contributed by atoms with van der Waals surface area (Å²) in [5.74, 6) is -0.546. The Morgan fingerprint density at radius 3 is 2.32 bits per heavy atom. The van der Waals surface area contributed by atoms with Crippen molar-refractivity contribution in [3.63, 3.8) is 0 Å². The predicted molar refractivity (Wildman–Crippen MR) is 94.8 cm³/mol. The van der Waals surface area contributed by atoms with Gasteiger partial charge in [-0.3, -0.25) is 19.3 Å². The maximum atomic E-state index is 12.5. The second-order valence-electron chi connectivity index (χ2n) is 5.96. The number of hydrogen-bond donors (Lipinski definition) is 2. The molecule has 6 heteroatoms. The van der Waals surface area contributed by atoms with Gasteiger partial charge in [0.25, 0.3) is 5.91 Å². The van der Waals surface area contributed by atoms with Gasteiger partial charge in [0.15, 0.2) is 0 Å². The summed E-state index contributed by atoms with van der Waals surface area (Å²) in [6.07, 6.45) is 0.138. The minimum atomic E-state index is -0.567. The Morgan fingerprint density at radius 2 is 1.68 bits per heavy atom. The predicted octanol–water partition coefficient (Wildman–Crippen LogP) is 2.38. The summed E-state index contributed by atoms with van der Waals surface area (Å²) in [6.45, 7) is 1.73. The number of hydrogen-bond acceptors (Lipinski definition) is 4. The molecule has 1 unspecified atom stereocenters. The largest absolute Gasteiger partial charge is 0.373 e. The molecule has 0 radical (unpaired) electrons. The highest BCUT2D eigenvalue weighted by Gasteiger charge is 2.38. The zero-order valence-corrected chi connectivity index (χ0v) is 13.9. The van der Waals surface area contributed by atoms with E-state index in [1.54, 1.807) is 24.3 Å². The Labute approximate surface area is 145 Å². The highest BCUT2D eigenvalue weighted by atomic mass is 16.2. The average molecular weight is 337 g/mol. The number of imide groups is 1. The van der Waals surface area contributed by atoms with Crippen LogP contribution in [0.5, 0.6) is 0 Å². The molecule has 2 aromatic rings. The van der Waals surface area contributed by atoms with Gasteiger partial charge in [-0.25, -0.2) is 0 Å². The molecule has 1 fully saturated rings. The van der Waals surface area contributed by atoms with Crippen LogP contribution in [0.4, 0.5) is 11.4 Å². The van der Waals surface area contributed by atoms with E-state index in [2.05, 4.69) is 10.6 Å². The van der Waals surface area contributed by atoms with Crippen LogP contribution in [0, 0.1) is 0 Å². The summed E-state index contributed by atoms with van der Waals surface area (Å²) in [5, 5.41) is 5.77. The highest BCUT2D eigenvalue weighted by Crippen LogP contribution is 2.21. The first-order valence-electron chi connectivity index (χ1n) is 8.05. The molecule has 1 heterocycles. The molecular formula is C19H19N3O3. The molecule has 1 saturated heterocycles. The lowest BCUT2D eigenvalue weighted by Crippen LogP contribution is -2.34. The number of nitrogens with one attached hydrogen (secondary N) is 2. The summed E-state index contributed by atoms with van der Waals surface area (Å²) in [5.41, 5.74) is 2.32. The van der Waals surface area contributed by atoms with E-state index in [0.29, 0.717) is 5.69 Å². The van der Waals surface area contributed by atoms with Crippen molar-refractivity contribution in [2.45, 2.75) is 25.9 Å². The van der Waals surface area contributed by atoms with Crippen molar-refractivity contribution in [1.29, 1.82) is 0 Å². The summed E-state index contributed by atoms with van der Waals surface area (Å²) in [7, 11) is 0. The molecule has 3 rings (SSSR count). The van der Waals surface area contributed by atoms with Gasteiger partial charge >= 0.3 is 0 Å². The Morgan fingerprint density at radius 1 is 1.04 bits per heavy atom. The van der Waals surface area contributed by atoms with E-state index in [-0.39, 0.29) is 30.7 Å². The number of rotatable bonds is 5. The number of likely N-dealkylation sites (tertiary alicyclic amines) is 1. The molecule has 0 aromatic heterocycles. The lowest BCUT2D eigenvalue weighted by atomic mass is 10.2. The van der Waals surface area contributed by atoms with E-state index >= 15 is 0 Å². The third-order valence-electron chi connectivity index (χ3n) is 3.97. The Balaban J connectivity index is 1.65. The van der Waals surface area contributed by atoms with Crippen molar-refractivity contribution < 1.29 is 14.4 Å². The molecule has 0 spiro atoms. The van der Waals surface area contributed by atoms with E-state index in [9.17, 15) is 14.4 Å². The third kappa shape index (κ3) is 4.03. The second-order valence-corrected chi connectivity index (χ2v) is 5.96. The van der Waals surface area contributed by atoms with Crippen LogP contribution < -0.4 is 10.6 Å². The van der Waals surface area contributed by atoms with Gasteiger partial charge in [-0.05, 0) is 29.8 Å². The maximum absolute atomic E-state index is 12.5. The first-order valence-corrected chi connectivity index (χ1v) is 8.05. The van der Waals surface area contributed by atoms with E-state index < -0.39 is 6.04 Å². The topological polar surface area (TPSA) is 78.5 Å². The van der Waals surface area contributed by atoms with Crippen molar-refractivity contribution >= 4 is 29.1 Å². The molecule has 0 bridgehead atoms. The molecule has 1 aliphatic heterocycles. The zero-order chi connectivity index (χ0) is 17.8. The van der Waals surface area contributed by atoms with Gasteiger partial charge in [0.2, 0.25) is 11.8 Å². The Hall–Kier alpha value is -3.15. The molecule has 6 nitrogen and oxygen atoms in total. The lowest BCUT2D eigenvalue weighted by molar-refractivity contribution is -0.139. The van der Waals surface area contributed by atoms with E-state index in [0.717, 1.165) is 11.3 Å². The summed E-state index contributed by atoms with van der Waals surface area (Å²) in [4.78, 5) is 37.0. The van der Waals surface area contributed by atoms with Crippen molar-refractivity contribution in [3.05, 3.63) is 60.2 Å². The second kappa shape index (κ2) is 7.17. The van der Waals surface area contributed by atoms with Crippen LogP contribution >= 0.6 is 0 Å². The minimum Gasteiger partial charge on any atom is -0.373 e. The first kappa shape index (κ1) is 16.7.